The Bertz CT molecular complexity index is 1110. The number of thiazole rings is 1. The van der Waals surface area contributed by atoms with Crippen LogP contribution < -0.4 is 10.2 Å². The van der Waals surface area contributed by atoms with Crippen LogP contribution in [-0.2, 0) is 6.61 Å². The Morgan fingerprint density at radius 1 is 1.00 bits per heavy atom. The number of nitrogens with one attached hydrogen (secondary N) is 1. The Hall–Kier alpha value is -3.51. The Morgan fingerprint density at radius 2 is 1.86 bits per heavy atom. The van der Waals surface area contributed by atoms with Crippen LogP contribution >= 0.6 is 11.3 Å². The van der Waals surface area contributed by atoms with Gasteiger partial charge >= 0.3 is 0 Å². The van der Waals surface area contributed by atoms with Gasteiger partial charge in [-0.05, 0) is 35.4 Å². The molecule has 0 aliphatic carbocycles. The van der Waals surface area contributed by atoms with Gasteiger partial charge in [0.1, 0.15) is 18.2 Å². The number of rotatable bonds is 7. The highest BCUT2D eigenvalue weighted by molar-refractivity contribution is 7.14. The Morgan fingerprint density at radius 3 is 2.72 bits per heavy atom. The van der Waals surface area contributed by atoms with Crippen LogP contribution in [-0.4, -0.2) is 11.2 Å². The first kappa shape index (κ1) is 18.8. The predicted molar refractivity (Wildman–Crippen MR) is 116 cm³/mol. The van der Waals surface area contributed by atoms with Gasteiger partial charge in [0.25, 0.3) is 0 Å². The van der Waals surface area contributed by atoms with E-state index < -0.39 is 0 Å². The number of ether oxygens (including phenoxy) is 1. The zero-order valence-electron chi connectivity index (χ0n) is 15.5. The molecular weight excluding hydrogens is 385 g/mol. The van der Waals surface area contributed by atoms with Crippen LogP contribution in [0.1, 0.15) is 11.1 Å². The van der Waals surface area contributed by atoms with E-state index in [1.807, 2.05) is 66.0 Å². The van der Waals surface area contributed by atoms with Crippen LogP contribution in [0.25, 0.3) is 11.3 Å². The number of hydrogen-bond donors (Lipinski definition) is 1. The number of anilines is 1. The minimum Gasteiger partial charge on any atom is -0.489 e. The monoisotopic (exact) mass is 403 g/mol. The number of aromatic nitrogens is 1. The third-order valence-corrected chi connectivity index (χ3v) is 4.85. The number of halogens is 1. The van der Waals surface area contributed by atoms with Gasteiger partial charge in [-0.15, -0.1) is 11.3 Å². The smallest absolute Gasteiger partial charge is 0.203 e. The molecule has 0 spiro atoms. The quantitative estimate of drug-likeness (QED) is 0.305. The number of nitrogens with zero attached hydrogens (tertiary/aromatic N) is 2. The van der Waals surface area contributed by atoms with Gasteiger partial charge in [-0.25, -0.2) is 9.37 Å². The summed E-state index contributed by atoms with van der Waals surface area (Å²) in [5.74, 6) is 0.425. The van der Waals surface area contributed by atoms with Crippen LogP contribution in [0.3, 0.4) is 0 Å². The van der Waals surface area contributed by atoms with Gasteiger partial charge in [-0.3, -0.25) is 5.43 Å². The van der Waals surface area contributed by atoms with Gasteiger partial charge in [-0.1, -0.05) is 54.6 Å². The van der Waals surface area contributed by atoms with Gasteiger partial charge in [0.2, 0.25) is 5.13 Å². The zero-order chi connectivity index (χ0) is 19.9. The summed E-state index contributed by atoms with van der Waals surface area (Å²) >= 11 is 1.50. The SMILES string of the molecule is Fc1cccc(COc2cccc(C=NNc3nc(-c4ccccc4)cs3)c2)c1. The van der Waals surface area contributed by atoms with Crippen molar-refractivity contribution in [3.63, 3.8) is 0 Å². The van der Waals surface area contributed by atoms with E-state index in [4.69, 9.17) is 4.74 Å². The van der Waals surface area contributed by atoms with Gasteiger partial charge in [-0.2, -0.15) is 5.10 Å². The third-order valence-electron chi connectivity index (χ3n) is 4.10. The van der Waals surface area contributed by atoms with E-state index in [2.05, 4.69) is 15.5 Å². The summed E-state index contributed by atoms with van der Waals surface area (Å²) in [6, 6.07) is 23.9. The van der Waals surface area contributed by atoms with E-state index in [1.165, 1.54) is 23.5 Å². The van der Waals surface area contributed by atoms with Crippen LogP contribution in [0, 0.1) is 5.82 Å². The first-order chi connectivity index (χ1) is 14.3. The minimum absolute atomic E-state index is 0.268. The molecule has 0 unspecified atom stereocenters. The molecule has 0 radical (unpaired) electrons. The van der Waals surface area contributed by atoms with E-state index in [0.717, 1.165) is 27.5 Å². The van der Waals surface area contributed by atoms with Gasteiger partial charge in [0.05, 0.1) is 11.9 Å². The van der Waals surface area contributed by atoms with Crippen LogP contribution in [0.4, 0.5) is 9.52 Å². The molecule has 4 aromatic rings. The fourth-order valence-electron chi connectivity index (χ4n) is 2.71. The third kappa shape index (κ3) is 5.27. The summed E-state index contributed by atoms with van der Waals surface area (Å²) in [4.78, 5) is 4.54. The molecule has 144 valence electrons. The highest BCUT2D eigenvalue weighted by atomic mass is 32.1. The molecule has 4 rings (SSSR count). The second-order valence-electron chi connectivity index (χ2n) is 6.27. The highest BCUT2D eigenvalue weighted by Crippen LogP contribution is 2.24. The van der Waals surface area contributed by atoms with E-state index in [-0.39, 0.29) is 5.82 Å². The van der Waals surface area contributed by atoms with Crippen molar-refractivity contribution >= 4 is 22.7 Å². The maximum atomic E-state index is 13.3. The first-order valence-electron chi connectivity index (χ1n) is 9.03. The lowest BCUT2D eigenvalue weighted by molar-refractivity contribution is 0.305. The molecule has 0 fully saturated rings. The lowest BCUT2D eigenvalue weighted by Gasteiger charge is -2.07. The summed E-state index contributed by atoms with van der Waals surface area (Å²) in [5.41, 5.74) is 6.62. The summed E-state index contributed by atoms with van der Waals surface area (Å²) in [6.07, 6.45) is 1.71. The summed E-state index contributed by atoms with van der Waals surface area (Å²) < 4.78 is 19.0. The zero-order valence-corrected chi connectivity index (χ0v) is 16.3. The van der Waals surface area contributed by atoms with Crippen molar-refractivity contribution in [2.75, 3.05) is 5.43 Å². The van der Waals surface area contributed by atoms with E-state index >= 15 is 0 Å². The first-order valence-corrected chi connectivity index (χ1v) is 9.91. The molecule has 0 aliphatic heterocycles. The predicted octanol–water partition coefficient (Wildman–Crippen LogP) is 5.97. The molecular formula is C23H18FN3OS. The summed E-state index contributed by atoms with van der Waals surface area (Å²) in [7, 11) is 0. The fourth-order valence-corrected chi connectivity index (χ4v) is 3.38. The standard InChI is InChI=1S/C23H18FN3OS/c24-20-10-4-7-18(12-20)15-28-21-11-5-6-17(13-21)14-25-27-23-26-22(16-29-23)19-8-2-1-3-9-19/h1-14,16H,15H2,(H,26,27). The summed E-state index contributed by atoms with van der Waals surface area (Å²) in [5, 5.41) is 6.97. The van der Waals surface area contributed by atoms with Gasteiger partial charge in [0.15, 0.2) is 0 Å². The van der Waals surface area contributed by atoms with Crippen LogP contribution in [0.15, 0.2) is 89.3 Å². The van der Waals surface area contributed by atoms with Crippen LogP contribution in [0.5, 0.6) is 5.75 Å². The minimum atomic E-state index is -0.268. The van der Waals surface area contributed by atoms with Crippen molar-refractivity contribution in [2.24, 2.45) is 5.10 Å². The number of hydrazone groups is 1. The average Bonchev–Trinajstić information content (AvgIpc) is 3.22. The molecule has 0 amide bonds. The molecule has 1 aromatic heterocycles. The van der Waals surface area contributed by atoms with Crippen molar-refractivity contribution in [1.82, 2.24) is 4.98 Å². The number of hydrogen-bond acceptors (Lipinski definition) is 5. The number of benzene rings is 3. The maximum Gasteiger partial charge on any atom is 0.203 e. The summed E-state index contributed by atoms with van der Waals surface area (Å²) in [6.45, 7) is 0.304. The van der Waals surface area contributed by atoms with E-state index in [9.17, 15) is 4.39 Å². The lowest BCUT2D eigenvalue weighted by atomic mass is 10.2. The van der Waals surface area contributed by atoms with Crippen molar-refractivity contribution < 1.29 is 9.13 Å². The second-order valence-corrected chi connectivity index (χ2v) is 7.12. The molecule has 0 atom stereocenters. The maximum absolute atomic E-state index is 13.3. The molecule has 3 aromatic carbocycles. The lowest BCUT2D eigenvalue weighted by Crippen LogP contribution is -1.97. The largest absolute Gasteiger partial charge is 0.489 e. The van der Waals surface area contributed by atoms with Crippen molar-refractivity contribution in [3.8, 4) is 17.0 Å². The fraction of sp³-hybridized carbons (Fsp3) is 0.0435. The molecule has 0 aliphatic rings. The highest BCUT2D eigenvalue weighted by Gasteiger charge is 2.03. The average molecular weight is 403 g/mol. The van der Waals surface area contributed by atoms with Gasteiger partial charge in [0, 0.05) is 10.9 Å². The molecule has 0 saturated carbocycles. The van der Waals surface area contributed by atoms with E-state index in [1.54, 1.807) is 12.3 Å². The van der Waals surface area contributed by atoms with Crippen molar-refractivity contribution in [2.45, 2.75) is 6.61 Å². The molecule has 0 bridgehead atoms. The van der Waals surface area contributed by atoms with Crippen molar-refractivity contribution in [1.29, 1.82) is 0 Å². The molecule has 1 heterocycles. The molecule has 4 nitrogen and oxygen atoms in total. The Labute approximate surface area is 172 Å². The Balaban J connectivity index is 1.35. The Kier molecular flexibility index (Phi) is 5.92. The van der Waals surface area contributed by atoms with Gasteiger partial charge < -0.3 is 4.74 Å². The molecule has 1 N–H and O–H groups in total. The second kappa shape index (κ2) is 9.12. The normalized spacial score (nSPS) is 10.9. The molecule has 6 heteroatoms. The van der Waals surface area contributed by atoms with Crippen molar-refractivity contribution in [3.05, 3.63) is 101 Å². The molecule has 29 heavy (non-hydrogen) atoms. The van der Waals surface area contributed by atoms with E-state index in [0.29, 0.717) is 12.4 Å². The topological polar surface area (TPSA) is 46.5 Å². The van der Waals surface area contributed by atoms with Crippen LogP contribution in [0.2, 0.25) is 0 Å². The molecule has 0 saturated heterocycles.